The lowest BCUT2D eigenvalue weighted by atomic mass is 10.1. The number of thioether (sulfide) groups is 1. The lowest BCUT2D eigenvalue weighted by molar-refractivity contribution is 0.102. The lowest BCUT2D eigenvalue weighted by Gasteiger charge is -2.04. The summed E-state index contributed by atoms with van der Waals surface area (Å²) >= 11 is 5.18. The number of aromatic nitrogens is 2. The van der Waals surface area contributed by atoms with Gasteiger partial charge in [-0.05, 0) is 47.4 Å². The van der Waals surface area contributed by atoms with E-state index in [0.717, 1.165) is 19.2 Å². The Balaban J connectivity index is 2.11. The molecule has 0 bridgehead atoms. The summed E-state index contributed by atoms with van der Waals surface area (Å²) in [6.07, 6.45) is 0. The largest absolute Gasteiger partial charge is 0.296 e. The van der Waals surface area contributed by atoms with E-state index in [4.69, 9.17) is 0 Å². The molecule has 4 nitrogen and oxygen atoms in total. The first-order valence-electron chi connectivity index (χ1n) is 5.64. The predicted octanol–water partition coefficient (Wildman–Crippen LogP) is 3.82. The Bertz CT molecular complexity index is 600. The molecular weight excluding hydrogens is 393 g/mol. The molecular formula is C12H12IN3OS2. The second-order valence-electron chi connectivity index (χ2n) is 3.74. The third-order valence-corrected chi connectivity index (χ3v) is 5.01. The topological polar surface area (TPSA) is 54.9 Å². The van der Waals surface area contributed by atoms with Crippen LogP contribution in [0.25, 0.3) is 0 Å². The average Bonchev–Trinajstić information content (AvgIpc) is 2.76. The van der Waals surface area contributed by atoms with Gasteiger partial charge in [-0.1, -0.05) is 41.7 Å². The highest BCUT2D eigenvalue weighted by molar-refractivity contribution is 14.1. The van der Waals surface area contributed by atoms with Crippen LogP contribution in [0.1, 0.15) is 22.8 Å². The van der Waals surface area contributed by atoms with Crippen molar-refractivity contribution < 1.29 is 4.79 Å². The van der Waals surface area contributed by atoms with Gasteiger partial charge in [0, 0.05) is 3.57 Å². The van der Waals surface area contributed by atoms with Gasteiger partial charge in [-0.15, -0.1) is 10.2 Å². The predicted molar refractivity (Wildman–Crippen MR) is 88.2 cm³/mol. The molecule has 0 radical (unpaired) electrons. The number of rotatable bonds is 4. The fourth-order valence-corrected chi connectivity index (χ4v) is 3.97. The molecule has 100 valence electrons. The molecule has 0 aliphatic heterocycles. The van der Waals surface area contributed by atoms with Crippen molar-refractivity contribution >= 4 is 56.7 Å². The van der Waals surface area contributed by atoms with Crippen LogP contribution >= 0.6 is 45.7 Å². The van der Waals surface area contributed by atoms with Crippen LogP contribution in [-0.4, -0.2) is 21.9 Å². The summed E-state index contributed by atoms with van der Waals surface area (Å²) in [6, 6.07) is 5.73. The quantitative estimate of drug-likeness (QED) is 0.478. The van der Waals surface area contributed by atoms with Gasteiger partial charge in [0.25, 0.3) is 5.91 Å². The van der Waals surface area contributed by atoms with Crippen molar-refractivity contribution in [3.8, 4) is 0 Å². The number of carbonyl (C=O) groups excluding carboxylic acids is 1. The first-order valence-corrected chi connectivity index (χ1v) is 8.52. The van der Waals surface area contributed by atoms with E-state index in [1.54, 1.807) is 11.8 Å². The fraction of sp³-hybridized carbons (Fsp3) is 0.250. The molecule has 2 rings (SSSR count). The third kappa shape index (κ3) is 3.90. The Hall–Kier alpha value is -0.670. The number of nitrogens with one attached hydrogen (secondary N) is 1. The Kier molecular flexibility index (Phi) is 5.17. The van der Waals surface area contributed by atoms with Crippen LogP contribution < -0.4 is 5.32 Å². The van der Waals surface area contributed by atoms with E-state index in [0.29, 0.717) is 10.7 Å². The summed E-state index contributed by atoms with van der Waals surface area (Å²) in [6.45, 7) is 4.06. The maximum Gasteiger partial charge on any atom is 0.258 e. The lowest BCUT2D eigenvalue weighted by Crippen LogP contribution is -2.13. The van der Waals surface area contributed by atoms with Crippen molar-refractivity contribution in [3.05, 3.63) is 32.9 Å². The van der Waals surface area contributed by atoms with Crippen LogP contribution in [0, 0.1) is 10.5 Å². The summed E-state index contributed by atoms with van der Waals surface area (Å²) in [5.41, 5.74) is 1.80. The molecule has 1 aromatic heterocycles. The highest BCUT2D eigenvalue weighted by Gasteiger charge is 2.13. The number of anilines is 1. The Morgan fingerprint density at radius 3 is 2.95 bits per heavy atom. The van der Waals surface area contributed by atoms with Gasteiger partial charge >= 0.3 is 0 Å². The van der Waals surface area contributed by atoms with E-state index in [2.05, 4.69) is 45.0 Å². The summed E-state index contributed by atoms with van der Waals surface area (Å²) < 4.78 is 1.80. The molecule has 7 heteroatoms. The molecule has 0 unspecified atom stereocenters. The summed E-state index contributed by atoms with van der Waals surface area (Å²) in [5, 5.41) is 11.3. The molecule has 0 spiro atoms. The molecule has 0 saturated carbocycles. The molecule has 0 fully saturated rings. The van der Waals surface area contributed by atoms with Crippen molar-refractivity contribution in [1.29, 1.82) is 0 Å². The minimum absolute atomic E-state index is 0.145. The number of nitrogens with zero attached hydrogens (tertiary/aromatic N) is 2. The van der Waals surface area contributed by atoms with Crippen LogP contribution in [-0.2, 0) is 0 Å². The minimum atomic E-state index is -0.145. The highest BCUT2D eigenvalue weighted by atomic mass is 127. The van der Waals surface area contributed by atoms with E-state index in [1.807, 2.05) is 25.1 Å². The molecule has 2 aromatic rings. The van der Waals surface area contributed by atoms with Crippen molar-refractivity contribution in [3.63, 3.8) is 0 Å². The number of aryl methyl sites for hydroxylation is 1. The van der Waals surface area contributed by atoms with Crippen molar-refractivity contribution in [2.75, 3.05) is 11.1 Å². The van der Waals surface area contributed by atoms with Gasteiger partial charge in [0.15, 0.2) is 4.34 Å². The molecule has 0 aliphatic carbocycles. The van der Waals surface area contributed by atoms with E-state index >= 15 is 0 Å². The maximum atomic E-state index is 12.1. The monoisotopic (exact) mass is 405 g/mol. The number of hydrogen-bond donors (Lipinski definition) is 1. The maximum absolute atomic E-state index is 12.1. The first-order chi connectivity index (χ1) is 9.10. The summed E-state index contributed by atoms with van der Waals surface area (Å²) in [4.78, 5) is 12.1. The number of benzene rings is 1. The standard InChI is InChI=1S/C12H12IN3OS2/c1-3-18-12-16-15-11(19-12)14-10(17)8-5-4-7(2)6-9(8)13/h4-6H,3H2,1-2H3,(H,14,15,17). The number of hydrogen-bond acceptors (Lipinski definition) is 5. The summed E-state index contributed by atoms with van der Waals surface area (Å²) in [5.74, 6) is 0.798. The fourth-order valence-electron chi connectivity index (χ4n) is 1.41. The Labute approximate surface area is 133 Å². The van der Waals surface area contributed by atoms with Gasteiger partial charge < -0.3 is 0 Å². The molecule has 0 atom stereocenters. The zero-order valence-electron chi connectivity index (χ0n) is 10.4. The Morgan fingerprint density at radius 1 is 1.47 bits per heavy atom. The number of halogens is 1. The van der Waals surface area contributed by atoms with Gasteiger partial charge in [-0.25, -0.2) is 0 Å². The van der Waals surface area contributed by atoms with E-state index < -0.39 is 0 Å². The van der Waals surface area contributed by atoms with Crippen molar-refractivity contribution in [2.24, 2.45) is 0 Å². The van der Waals surface area contributed by atoms with Gasteiger partial charge in [-0.2, -0.15) is 0 Å². The second kappa shape index (κ2) is 6.67. The van der Waals surface area contributed by atoms with Crippen LogP contribution in [0.5, 0.6) is 0 Å². The average molecular weight is 405 g/mol. The second-order valence-corrected chi connectivity index (χ2v) is 7.39. The van der Waals surface area contributed by atoms with E-state index in [9.17, 15) is 4.79 Å². The van der Waals surface area contributed by atoms with Gasteiger partial charge in [0.05, 0.1) is 5.56 Å². The smallest absolute Gasteiger partial charge is 0.258 e. The van der Waals surface area contributed by atoms with Crippen LogP contribution in [0.4, 0.5) is 5.13 Å². The minimum Gasteiger partial charge on any atom is -0.296 e. The number of amides is 1. The van der Waals surface area contributed by atoms with Gasteiger partial charge in [-0.3, -0.25) is 10.1 Å². The van der Waals surface area contributed by atoms with E-state index in [1.165, 1.54) is 11.3 Å². The molecule has 0 aliphatic rings. The normalized spacial score (nSPS) is 10.5. The number of carbonyl (C=O) groups is 1. The SMILES string of the molecule is CCSc1nnc(NC(=O)c2ccc(C)cc2I)s1. The van der Waals surface area contributed by atoms with Crippen molar-refractivity contribution in [2.45, 2.75) is 18.2 Å². The van der Waals surface area contributed by atoms with Gasteiger partial charge in [0.2, 0.25) is 5.13 Å². The van der Waals surface area contributed by atoms with E-state index in [-0.39, 0.29) is 5.91 Å². The molecule has 19 heavy (non-hydrogen) atoms. The van der Waals surface area contributed by atoms with Gasteiger partial charge in [0.1, 0.15) is 0 Å². The zero-order chi connectivity index (χ0) is 13.8. The molecule has 1 amide bonds. The molecule has 1 aromatic carbocycles. The summed E-state index contributed by atoms with van der Waals surface area (Å²) in [7, 11) is 0. The van der Waals surface area contributed by atoms with Crippen molar-refractivity contribution in [1.82, 2.24) is 10.2 Å². The highest BCUT2D eigenvalue weighted by Crippen LogP contribution is 2.25. The van der Waals surface area contributed by atoms with Crippen LogP contribution in [0.3, 0.4) is 0 Å². The third-order valence-electron chi connectivity index (χ3n) is 2.26. The molecule has 0 saturated heterocycles. The molecule has 1 heterocycles. The van der Waals surface area contributed by atoms with Crippen LogP contribution in [0.2, 0.25) is 0 Å². The Morgan fingerprint density at radius 2 is 2.26 bits per heavy atom. The zero-order valence-corrected chi connectivity index (χ0v) is 14.2. The first kappa shape index (κ1) is 14.7. The van der Waals surface area contributed by atoms with Crippen LogP contribution in [0.15, 0.2) is 22.5 Å². The molecule has 1 N–H and O–H groups in total.